The number of aliphatic carboxylic acids is 1. The smallest absolute Gasteiger partial charge is 0.422 e. The summed E-state index contributed by atoms with van der Waals surface area (Å²) in [6, 6.07) is 0. The standard InChI is InChI=1S/C10H14F3NO4/c1-5-6(3-4-18-5)7(15)14-9(2,8(16)17)10(11,12)13/h5-6H,3-4H2,1-2H3,(H,14,15)(H,16,17). The van der Waals surface area contributed by atoms with Crippen LogP contribution in [-0.4, -0.2) is 41.4 Å². The van der Waals surface area contributed by atoms with Crippen LogP contribution in [0.25, 0.3) is 0 Å². The van der Waals surface area contributed by atoms with E-state index in [-0.39, 0.29) is 13.0 Å². The van der Waals surface area contributed by atoms with Gasteiger partial charge in [-0.2, -0.15) is 13.2 Å². The highest BCUT2D eigenvalue weighted by atomic mass is 19.4. The normalized spacial score (nSPS) is 27.6. The molecule has 2 N–H and O–H groups in total. The van der Waals surface area contributed by atoms with Crippen LogP contribution in [0.1, 0.15) is 20.3 Å². The van der Waals surface area contributed by atoms with Crippen LogP contribution in [0.4, 0.5) is 13.2 Å². The zero-order valence-corrected chi connectivity index (χ0v) is 9.87. The maximum atomic E-state index is 12.7. The Labute approximate surface area is 101 Å². The van der Waals surface area contributed by atoms with Gasteiger partial charge in [0.2, 0.25) is 11.4 Å². The van der Waals surface area contributed by atoms with Gasteiger partial charge in [0.1, 0.15) is 0 Å². The highest BCUT2D eigenvalue weighted by molar-refractivity contribution is 5.88. The van der Waals surface area contributed by atoms with Crippen molar-refractivity contribution >= 4 is 11.9 Å². The molecule has 1 rings (SSSR count). The van der Waals surface area contributed by atoms with Gasteiger partial charge in [-0.3, -0.25) is 4.79 Å². The number of hydrogen-bond acceptors (Lipinski definition) is 3. The Bertz CT molecular complexity index is 358. The van der Waals surface area contributed by atoms with Gasteiger partial charge in [0.15, 0.2) is 0 Å². The third-order valence-electron chi connectivity index (χ3n) is 3.08. The van der Waals surface area contributed by atoms with E-state index in [0.717, 1.165) is 0 Å². The van der Waals surface area contributed by atoms with Crippen LogP contribution in [0.15, 0.2) is 0 Å². The molecule has 0 saturated carbocycles. The third-order valence-corrected chi connectivity index (χ3v) is 3.08. The number of nitrogens with one attached hydrogen (secondary N) is 1. The number of hydrogen-bond donors (Lipinski definition) is 2. The van der Waals surface area contributed by atoms with E-state index in [1.807, 2.05) is 0 Å². The summed E-state index contributed by atoms with van der Waals surface area (Å²) in [6.07, 6.45) is -5.31. The van der Waals surface area contributed by atoms with Gasteiger partial charge in [0.05, 0.1) is 12.0 Å². The maximum absolute atomic E-state index is 12.7. The minimum absolute atomic E-state index is 0.273. The lowest BCUT2D eigenvalue weighted by molar-refractivity contribution is -0.207. The molecule has 1 aliphatic rings. The summed E-state index contributed by atoms with van der Waals surface area (Å²) in [6.45, 7) is 2.26. The van der Waals surface area contributed by atoms with Crippen molar-refractivity contribution in [1.82, 2.24) is 5.32 Å². The molecule has 3 atom stereocenters. The Morgan fingerprint density at radius 3 is 2.28 bits per heavy atom. The minimum atomic E-state index is -5.07. The SMILES string of the molecule is CC1OCCC1C(=O)NC(C)(C(=O)O)C(F)(F)F. The number of amides is 1. The Balaban J connectivity index is 2.86. The Hall–Kier alpha value is -1.31. The summed E-state index contributed by atoms with van der Waals surface area (Å²) in [7, 11) is 0. The van der Waals surface area contributed by atoms with Crippen LogP contribution < -0.4 is 5.32 Å². The molecular weight excluding hydrogens is 255 g/mol. The molecule has 18 heavy (non-hydrogen) atoms. The largest absolute Gasteiger partial charge is 0.479 e. The van der Waals surface area contributed by atoms with Crippen molar-refractivity contribution in [1.29, 1.82) is 0 Å². The molecule has 1 aliphatic heterocycles. The van der Waals surface area contributed by atoms with Gasteiger partial charge in [-0.25, -0.2) is 4.79 Å². The van der Waals surface area contributed by atoms with Gasteiger partial charge in [0, 0.05) is 6.61 Å². The molecule has 0 spiro atoms. The van der Waals surface area contributed by atoms with E-state index in [4.69, 9.17) is 9.84 Å². The molecule has 0 aromatic carbocycles. The molecule has 1 heterocycles. The first kappa shape index (κ1) is 14.7. The Kier molecular flexibility index (Phi) is 3.89. The van der Waals surface area contributed by atoms with E-state index < -0.39 is 35.6 Å². The zero-order chi connectivity index (χ0) is 14.1. The summed E-state index contributed by atoms with van der Waals surface area (Å²) in [5.41, 5.74) is -3.29. The van der Waals surface area contributed by atoms with Crippen molar-refractivity contribution in [2.24, 2.45) is 5.92 Å². The summed E-state index contributed by atoms with van der Waals surface area (Å²) < 4.78 is 43.1. The van der Waals surface area contributed by atoms with Gasteiger partial charge in [-0.1, -0.05) is 0 Å². The quantitative estimate of drug-likeness (QED) is 0.799. The molecular formula is C10H14F3NO4. The molecule has 0 aromatic heterocycles. The van der Waals surface area contributed by atoms with Crippen molar-refractivity contribution in [2.75, 3.05) is 6.61 Å². The van der Waals surface area contributed by atoms with Gasteiger partial charge in [-0.05, 0) is 20.3 Å². The number of carboxylic acid groups (broad SMARTS) is 1. The number of halogens is 3. The van der Waals surface area contributed by atoms with E-state index >= 15 is 0 Å². The first-order valence-electron chi connectivity index (χ1n) is 5.33. The van der Waals surface area contributed by atoms with Crippen molar-refractivity contribution in [3.8, 4) is 0 Å². The second kappa shape index (κ2) is 4.75. The third kappa shape index (κ3) is 2.58. The minimum Gasteiger partial charge on any atom is -0.479 e. The summed E-state index contributed by atoms with van der Waals surface area (Å²) in [5, 5.41) is 10.2. The van der Waals surface area contributed by atoms with Crippen LogP contribution in [0, 0.1) is 5.92 Å². The monoisotopic (exact) mass is 269 g/mol. The van der Waals surface area contributed by atoms with Crippen molar-refractivity contribution in [3.63, 3.8) is 0 Å². The topological polar surface area (TPSA) is 75.6 Å². The van der Waals surface area contributed by atoms with Crippen LogP contribution in [0.3, 0.4) is 0 Å². The first-order valence-corrected chi connectivity index (χ1v) is 5.33. The molecule has 0 aromatic rings. The Morgan fingerprint density at radius 2 is 1.94 bits per heavy atom. The summed E-state index contributed by atoms with van der Waals surface area (Å²) >= 11 is 0. The van der Waals surface area contributed by atoms with Crippen molar-refractivity contribution < 1.29 is 32.6 Å². The van der Waals surface area contributed by atoms with E-state index in [9.17, 15) is 22.8 Å². The molecule has 0 bridgehead atoms. The van der Waals surface area contributed by atoms with Crippen LogP contribution >= 0.6 is 0 Å². The lowest BCUT2D eigenvalue weighted by Crippen LogP contribution is -2.63. The number of carbonyl (C=O) groups is 2. The molecule has 104 valence electrons. The lowest BCUT2D eigenvalue weighted by Gasteiger charge is -2.30. The van der Waals surface area contributed by atoms with Gasteiger partial charge in [0.25, 0.3) is 0 Å². The fraction of sp³-hybridized carbons (Fsp3) is 0.800. The second-order valence-corrected chi connectivity index (χ2v) is 4.39. The van der Waals surface area contributed by atoms with E-state index in [1.54, 1.807) is 12.2 Å². The predicted octanol–water partition coefficient (Wildman–Crippen LogP) is 0.933. The molecule has 1 amide bonds. The molecule has 0 radical (unpaired) electrons. The number of ether oxygens (including phenoxy) is 1. The lowest BCUT2D eigenvalue weighted by atomic mass is 9.97. The fourth-order valence-electron chi connectivity index (χ4n) is 1.66. The zero-order valence-electron chi connectivity index (χ0n) is 9.87. The van der Waals surface area contributed by atoms with Crippen LogP contribution in [-0.2, 0) is 14.3 Å². The number of carbonyl (C=O) groups excluding carboxylic acids is 1. The number of carboxylic acids is 1. The van der Waals surface area contributed by atoms with Gasteiger partial charge in [-0.15, -0.1) is 0 Å². The number of alkyl halides is 3. The average Bonchev–Trinajstić information content (AvgIpc) is 2.62. The highest BCUT2D eigenvalue weighted by Gasteiger charge is 2.59. The highest BCUT2D eigenvalue weighted by Crippen LogP contribution is 2.31. The van der Waals surface area contributed by atoms with E-state index in [0.29, 0.717) is 6.92 Å². The Morgan fingerprint density at radius 1 is 1.39 bits per heavy atom. The number of rotatable bonds is 3. The van der Waals surface area contributed by atoms with E-state index in [2.05, 4.69) is 0 Å². The molecule has 5 nitrogen and oxygen atoms in total. The van der Waals surface area contributed by atoms with E-state index in [1.165, 1.54) is 0 Å². The maximum Gasteiger partial charge on any atom is 0.422 e. The molecule has 1 saturated heterocycles. The molecule has 1 fully saturated rings. The summed E-state index contributed by atoms with van der Waals surface area (Å²) in [4.78, 5) is 22.4. The molecule has 8 heteroatoms. The fourth-order valence-corrected chi connectivity index (χ4v) is 1.66. The van der Waals surface area contributed by atoms with Crippen molar-refractivity contribution in [2.45, 2.75) is 38.1 Å². The van der Waals surface area contributed by atoms with Crippen LogP contribution in [0.2, 0.25) is 0 Å². The second-order valence-electron chi connectivity index (χ2n) is 4.39. The van der Waals surface area contributed by atoms with Gasteiger partial charge < -0.3 is 15.2 Å². The average molecular weight is 269 g/mol. The summed E-state index contributed by atoms with van der Waals surface area (Å²) in [5.74, 6) is -3.86. The van der Waals surface area contributed by atoms with Crippen molar-refractivity contribution in [3.05, 3.63) is 0 Å². The molecule has 3 unspecified atom stereocenters. The van der Waals surface area contributed by atoms with Gasteiger partial charge >= 0.3 is 12.1 Å². The molecule has 0 aliphatic carbocycles. The first-order chi connectivity index (χ1) is 8.09. The predicted molar refractivity (Wildman–Crippen MR) is 53.8 cm³/mol. The van der Waals surface area contributed by atoms with Crippen LogP contribution in [0.5, 0.6) is 0 Å².